The third-order valence-electron chi connectivity index (χ3n) is 2.69. The van der Waals surface area contributed by atoms with Crippen LogP contribution in [0.15, 0.2) is 24.4 Å². The SMILES string of the molecule is Cc1c[nH]c2cc(CC(C)(C)C)ccc12. The van der Waals surface area contributed by atoms with Crippen LogP contribution < -0.4 is 0 Å². The van der Waals surface area contributed by atoms with Crippen molar-refractivity contribution in [2.24, 2.45) is 5.41 Å². The van der Waals surface area contributed by atoms with E-state index in [1.54, 1.807) is 0 Å². The van der Waals surface area contributed by atoms with Gasteiger partial charge in [-0.3, -0.25) is 0 Å². The average molecular weight is 201 g/mol. The van der Waals surface area contributed by atoms with Crippen molar-refractivity contribution in [2.45, 2.75) is 34.1 Å². The Labute approximate surface area is 91.5 Å². The van der Waals surface area contributed by atoms with Crippen LogP contribution >= 0.6 is 0 Å². The molecule has 0 aliphatic carbocycles. The van der Waals surface area contributed by atoms with Crippen molar-refractivity contribution in [1.29, 1.82) is 0 Å². The highest BCUT2D eigenvalue weighted by Crippen LogP contribution is 2.24. The first-order chi connectivity index (χ1) is 6.96. The fraction of sp³-hybridized carbons (Fsp3) is 0.429. The zero-order valence-electron chi connectivity index (χ0n) is 10.0. The van der Waals surface area contributed by atoms with Crippen molar-refractivity contribution in [3.05, 3.63) is 35.5 Å². The van der Waals surface area contributed by atoms with Gasteiger partial charge in [0.15, 0.2) is 0 Å². The van der Waals surface area contributed by atoms with Crippen LogP contribution in [0.25, 0.3) is 10.9 Å². The van der Waals surface area contributed by atoms with Crippen LogP contribution in [0.5, 0.6) is 0 Å². The Hall–Kier alpha value is -1.24. The fourth-order valence-electron chi connectivity index (χ4n) is 2.04. The molecule has 80 valence electrons. The number of fused-ring (bicyclic) bond motifs is 1. The van der Waals surface area contributed by atoms with Crippen molar-refractivity contribution >= 4 is 10.9 Å². The first-order valence-electron chi connectivity index (χ1n) is 5.52. The molecule has 1 aromatic heterocycles. The minimum Gasteiger partial charge on any atom is -0.361 e. The molecule has 0 atom stereocenters. The number of aryl methyl sites for hydroxylation is 1. The molecule has 15 heavy (non-hydrogen) atoms. The molecule has 1 aromatic carbocycles. The summed E-state index contributed by atoms with van der Waals surface area (Å²) in [5.74, 6) is 0. The molecular weight excluding hydrogens is 182 g/mol. The first kappa shape index (κ1) is 10.3. The molecule has 1 N–H and O–H groups in total. The lowest BCUT2D eigenvalue weighted by Gasteiger charge is -2.17. The van der Waals surface area contributed by atoms with E-state index >= 15 is 0 Å². The Morgan fingerprint density at radius 3 is 2.60 bits per heavy atom. The van der Waals surface area contributed by atoms with Gasteiger partial charge in [0.2, 0.25) is 0 Å². The van der Waals surface area contributed by atoms with Gasteiger partial charge in [-0.15, -0.1) is 0 Å². The van der Waals surface area contributed by atoms with Gasteiger partial charge in [0, 0.05) is 17.1 Å². The Kier molecular flexibility index (Phi) is 2.34. The summed E-state index contributed by atoms with van der Waals surface area (Å²) < 4.78 is 0. The summed E-state index contributed by atoms with van der Waals surface area (Å²) in [6, 6.07) is 6.74. The van der Waals surface area contributed by atoms with E-state index in [-0.39, 0.29) is 0 Å². The van der Waals surface area contributed by atoms with E-state index in [2.05, 4.69) is 57.1 Å². The summed E-state index contributed by atoms with van der Waals surface area (Å²) >= 11 is 0. The summed E-state index contributed by atoms with van der Waals surface area (Å²) in [4.78, 5) is 3.31. The van der Waals surface area contributed by atoms with E-state index in [1.807, 2.05) is 0 Å². The van der Waals surface area contributed by atoms with Gasteiger partial charge in [-0.05, 0) is 36.0 Å². The molecule has 0 fully saturated rings. The smallest absolute Gasteiger partial charge is 0.0459 e. The van der Waals surface area contributed by atoms with Crippen LogP contribution in [0, 0.1) is 12.3 Å². The molecule has 0 radical (unpaired) electrons. The van der Waals surface area contributed by atoms with E-state index in [1.165, 1.54) is 22.0 Å². The van der Waals surface area contributed by atoms with E-state index < -0.39 is 0 Å². The molecule has 1 nitrogen and oxygen atoms in total. The molecule has 0 bridgehead atoms. The zero-order valence-corrected chi connectivity index (χ0v) is 10.0. The Morgan fingerprint density at radius 2 is 1.93 bits per heavy atom. The number of aromatic nitrogens is 1. The predicted octanol–water partition coefficient (Wildman–Crippen LogP) is 4.06. The predicted molar refractivity (Wildman–Crippen MR) is 66.2 cm³/mol. The number of rotatable bonds is 1. The van der Waals surface area contributed by atoms with Crippen LogP contribution in [-0.2, 0) is 6.42 Å². The second-order valence-electron chi connectivity index (χ2n) is 5.59. The lowest BCUT2D eigenvalue weighted by atomic mass is 9.88. The summed E-state index contributed by atoms with van der Waals surface area (Å²) in [7, 11) is 0. The van der Waals surface area contributed by atoms with E-state index in [9.17, 15) is 0 Å². The van der Waals surface area contributed by atoms with Gasteiger partial charge in [0.05, 0.1) is 0 Å². The number of nitrogens with one attached hydrogen (secondary N) is 1. The highest BCUT2D eigenvalue weighted by Gasteiger charge is 2.11. The van der Waals surface area contributed by atoms with Crippen LogP contribution in [-0.4, -0.2) is 4.98 Å². The summed E-state index contributed by atoms with van der Waals surface area (Å²) in [6.07, 6.45) is 3.20. The van der Waals surface area contributed by atoms with Gasteiger partial charge in [-0.2, -0.15) is 0 Å². The lowest BCUT2D eigenvalue weighted by molar-refractivity contribution is 0.411. The van der Waals surface area contributed by atoms with Crippen molar-refractivity contribution in [1.82, 2.24) is 4.98 Å². The van der Waals surface area contributed by atoms with Gasteiger partial charge >= 0.3 is 0 Å². The van der Waals surface area contributed by atoms with Crippen molar-refractivity contribution in [2.75, 3.05) is 0 Å². The maximum absolute atomic E-state index is 3.31. The lowest BCUT2D eigenvalue weighted by Crippen LogP contribution is -2.08. The minimum atomic E-state index is 0.356. The molecule has 0 saturated carbocycles. The largest absolute Gasteiger partial charge is 0.361 e. The second-order valence-corrected chi connectivity index (χ2v) is 5.59. The monoisotopic (exact) mass is 201 g/mol. The highest BCUT2D eigenvalue weighted by atomic mass is 14.7. The van der Waals surface area contributed by atoms with Crippen LogP contribution in [0.2, 0.25) is 0 Å². The molecule has 0 aliphatic heterocycles. The first-order valence-corrected chi connectivity index (χ1v) is 5.52. The molecule has 0 saturated heterocycles. The van der Waals surface area contributed by atoms with E-state index in [0.29, 0.717) is 5.41 Å². The van der Waals surface area contributed by atoms with E-state index in [4.69, 9.17) is 0 Å². The van der Waals surface area contributed by atoms with Gasteiger partial charge < -0.3 is 4.98 Å². The van der Waals surface area contributed by atoms with Gasteiger partial charge in [-0.25, -0.2) is 0 Å². The zero-order chi connectivity index (χ0) is 11.1. The molecule has 1 heteroatoms. The van der Waals surface area contributed by atoms with Gasteiger partial charge in [0.25, 0.3) is 0 Å². The molecule has 0 aliphatic rings. The van der Waals surface area contributed by atoms with Crippen molar-refractivity contribution in [3.8, 4) is 0 Å². The Bertz CT molecular complexity index is 472. The topological polar surface area (TPSA) is 15.8 Å². The van der Waals surface area contributed by atoms with Crippen molar-refractivity contribution < 1.29 is 0 Å². The number of hydrogen-bond donors (Lipinski definition) is 1. The standard InChI is InChI=1S/C14H19N/c1-10-9-15-13-7-11(5-6-12(10)13)8-14(2,3)4/h5-7,9,15H,8H2,1-4H3. The van der Waals surface area contributed by atoms with Crippen LogP contribution in [0.1, 0.15) is 31.9 Å². The molecule has 2 aromatic rings. The van der Waals surface area contributed by atoms with Gasteiger partial charge in [-0.1, -0.05) is 32.9 Å². The fourth-order valence-corrected chi connectivity index (χ4v) is 2.04. The Morgan fingerprint density at radius 1 is 1.20 bits per heavy atom. The number of aromatic amines is 1. The normalized spacial score (nSPS) is 12.3. The maximum Gasteiger partial charge on any atom is 0.0459 e. The van der Waals surface area contributed by atoms with Crippen molar-refractivity contribution in [3.63, 3.8) is 0 Å². The Balaban J connectivity index is 2.39. The molecule has 0 unspecified atom stereocenters. The number of hydrogen-bond acceptors (Lipinski definition) is 0. The van der Waals surface area contributed by atoms with Crippen LogP contribution in [0.4, 0.5) is 0 Å². The van der Waals surface area contributed by atoms with Gasteiger partial charge in [0.1, 0.15) is 0 Å². The maximum atomic E-state index is 3.31. The molecule has 0 amide bonds. The molecular formula is C14H19N. The average Bonchev–Trinajstić information content (AvgIpc) is 2.45. The highest BCUT2D eigenvalue weighted by molar-refractivity contribution is 5.83. The summed E-state index contributed by atoms with van der Waals surface area (Å²) in [5, 5.41) is 1.34. The van der Waals surface area contributed by atoms with Crippen LogP contribution in [0.3, 0.4) is 0 Å². The molecule has 0 spiro atoms. The quantitative estimate of drug-likeness (QED) is 0.716. The summed E-state index contributed by atoms with van der Waals surface area (Å²) in [6.45, 7) is 8.97. The second kappa shape index (κ2) is 3.41. The third kappa shape index (κ3) is 2.23. The number of benzene rings is 1. The van der Waals surface area contributed by atoms with E-state index in [0.717, 1.165) is 6.42 Å². The third-order valence-corrected chi connectivity index (χ3v) is 2.69. The minimum absolute atomic E-state index is 0.356. The molecule has 1 heterocycles. The molecule has 2 rings (SSSR count). The number of H-pyrrole nitrogens is 1. The summed E-state index contributed by atoms with van der Waals surface area (Å²) in [5.41, 5.74) is 4.35.